The third-order valence-corrected chi connectivity index (χ3v) is 4.78. The molecule has 2 heterocycles. The number of methoxy groups -OCH3 is 1. The molecule has 0 atom stereocenters. The van der Waals surface area contributed by atoms with Gasteiger partial charge in [-0.25, -0.2) is 4.98 Å². The normalized spacial score (nSPS) is 11.1. The van der Waals surface area contributed by atoms with Crippen LogP contribution < -0.4 is 14.8 Å². The summed E-state index contributed by atoms with van der Waals surface area (Å²) in [5.74, 6) is -0.00987. The number of halogens is 2. The van der Waals surface area contributed by atoms with Crippen LogP contribution in [0.4, 0.5) is 14.5 Å². The molecule has 1 N–H and O–H groups in total. The molecule has 4 aromatic rings. The van der Waals surface area contributed by atoms with Crippen LogP contribution >= 0.6 is 0 Å². The van der Waals surface area contributed by atoms with Crippen molar-refractivity contribution in [3.05, 3.63) is 65.4 Å². The lowest BCUT2D eigenvalue weighted by atomic mass is 10.0. The second kappa shape index (κ2) is 8.62. The van der Waals surface area contributed by atoms with Crippen molar-refractivity contribution in [3.8, 4) is 22.8 Å². The number of amides is 1. The predicted octanol–water partition coefficient (Wildman–Crippen LogP) is 5.37. The summed E-state index contributed by atoms with van der Waals surface area (Å²) in [7, 11) is 1.56. The first-order valence-corrected chi connectivity index (χ1v) is 9.64. The lowest BCUT2D eigenvalue weighted by Gasteiger charge is -2.13. The summed E-state index contributed by atoms with van der Waals surface area (Å²) in [5.41, 5.74) is 2.98. The van der Waals surface area contributed by atoms with Crippen molar-refractivity contribution in [3.63, 3.8) is 0 Å². The number of hydrogen-bond donors (Lipinski definition) is 1. The minimum absolute atomic E-state index is 0.125. The van der Waals surface area contributed by atoms with Gasteiger partial charge in [-0.3, -0.25) is 4.79 Å². The number of carbonyl (C=O) groups is 1. The Morgan fingerprint density at radius 2 is 1.84 bits per heavy atom. The molecule has 0 aliphatic rings. The molecule has 164 valence electrons. The van der Waals surface area contributed by atoms with Gasteiger partial charge < -0.3 is 19.3 Å². The predicted molar refractivity (Wildman–Crippen MR) is 114 cm³/mol. The molecule has 4 rings (SSSR count). The van der Waals surface area contributed by atoms with E-state index in [0.29, 0.717) is 28.1 Å². The molecule has 0 unspecified atom stereocenters. The molecule has 2 aromatic heterocycles. The molecule has 0 fully saturated rings. The summed E-state index contributed by atoms with van der Waals surface area (Å²) in [6.07, 6.45) is 0. The van der Waals surface area contributed by atoms with Crippen molar-refractivity contribution >= 4 is 22.7 Å². The average molecular weight is 439 g/mol. The number of carbonyl (C=O) groups excluding carboxylic acids is 1. The molecule has 1 amide bonds. The van der Waals surface area contributed by atoms with Crippen LogP contribution in [0.15, 0.2) is 53.1 Å². The lowest BCUT2D eigenvalue weighted by Crippen LogP contribution is -2.15. The van der Waals surface area contributed by atoms with E-state index in [0.717, 1.165) is 5.56 Å². The van der Waals surface area contributed by atoms with Crippen molar-refractivity contribution in [1.29, 1.82) is 0 Å². The number of aryl methyl sites for hydroxylation is 2. The molecular weight excluding hydrogens is 420 g/mol. The van der Waals surface area contributed by atoms with Crippen molar-refractivity contribution in [2.24, 2.45) is 0 Å². The van der Waals surface area contributed by atoms with Crippen LogP contribution in [0.2, 0.25) is 0 Å². The number of pyridine rings is 1. The van der Waals surface area contributed by atoms with Gasteiger partial charge in [0, 0.05) is 11.3 Å². The molecule has 0 saturated heterocycles. The fraction of sp³-hybridized carbons (Fsp3) is 0.174. The van der Waals surface area contributed by atoms with E-state index in [2.05, 4.69) is 20.2 Å². The van der Waals surface area contributed by atoms with E-state index >= 15 is 0 Å². The number of anilines is 1. The largest absolute Gasteiger partial charge is 0.497 e. The van der Waals surface area contributed by atoms with Gasteiger partial charge in [-0.15, -0.1) is 0 Å². The first kappa shape index (κ1) is 21.2. The molecule has 0 radical (unpaired) electrons. The van der Waals surface area contributed by atoms with Crippen LogP contribution in [0, 0.1) is 13.8 Å². The molecular formula is C23H19F2N3O4. The Kier molecular flexibility index (Phi) is 5.72. The van der Waals surface area contributed by atoms with Crippen LogP contribution in [0.5, 0.6) is 11.5 Å². The zero-order valence-corrected chi connectivity index (χ0v) is 17.5. The van der Waals surface area contributed by atoms with Crippen LogP contribution in [-0.2, 0) is 0 Å². The smallest absolute Gasteiger partial charge is 0.387 e. The Balaban J connectivity index is 1.78. The molecule has 0 spiro atoms. The fourth-order valence-electron chi connectivity index (χ4n) is 3.33. The second-order valence-corrected chi connectivity index (χ2v) is 7.08. The Bertz CT molecular complexity index is 1290. The topological polar surface area (TPSA) is 86.5 Å². The summed E-state index contributed by atoms with van der Waals surface area (Å²) in [5, 5.41) is 7.17. The standard InChI is InChI=1S/C23H19F2N3O4/c1-12-4-9-18(31-23(24)25)17(10-12)27-21(29)16-11-13(2)26-22-19(16)20(28-32-22)14-5-7-15(30-3)8-6-14/h4-11,23H,1-3H3,(H,27,29). The summed E-state index contributed by atoms with van der Waals surface area (Å²) in [6.45, 7) is 0.463. The van der Waals surface area contributed by atoms with Crippen molar-refractivity contribution < 1.29 is 27.6 Å². The summed E-state index contributed by atoms with van der Waals surface area (Å²) in [4.78, 5) is 17.6. The van der Waals surface area contributed by atoms with Gasteiger partial charge >= 0.3 is 6.61 Å². The number of ether oxygens (including phenoxy) is 2. The molecule has 0 aliphatic carbocycles. The maximum Gasteiger partial charge on any atom is 0.387 e. The van der Waals surface area contributed by atoms with Gasteiger partial charge in [0.2, 0.25) is 0 Å². The highest BCUT2D eigenvalue weighted by Crippen LogP contribution is 2.33. The zero-order chi connectivity index (χ0) is 22.8. The number of fused-ring (bicyclic) bond motifs is 1. The van der Waals surface area contributed by atoms with Gasteiger partial charge in [-0.1, -0.05) is 11.2 Å². The third-order valence-electron chi connectivity index (χ3n) is 4.78. The maximum atomic E-state index is 13.2. The number of alkyl halides is 2. The molecule has 0 bridgehead atoms. The summed E-state index contributed by atoms with van der Waals surface area (Å²) >= 11 is 0. The molecule has 0 saturated carbocycles. The van der Waals surface area contributed by atoms with E-state index in [4.69, 9.17) is 9.26 Å². The number of benzene rings is 2. The molecule has 7 nitrogen and oxygen atoms in total. The first-order valence-electron chi connectivity index (χ1n) is 9.64. The Hall–Kier alpha value is -4.01. The average Bonchev–Trinajstić information content (AvgIpc) is 3.18. The third kappa shape index (κ3) is 4.22. The van der Waals surface area contributed by atoms with Crippen LogP contribution in [-0.4, -0.2) is 29.8 Å². The van der Waals surface area contributed by atoms with E-state index in [-0.39, 0.29) is 22.7 Å². The first-order chi connectivity index (χ1) is 15.4. The van der Waals surface area contributed by atoms with Crippen LogP contribution in [0.1, 0.15) is 21.6 Å². The quantitative estimate of drug-likeness (QED) is 0.435. The van der Waals surface area contributed by atoms with Gasteiger partial charge in [0.1, 0.15) is 17.2 Å². The maximum absolute atomic E-state index is 13.2. The highest BCUT2D eigenvalue weighted by molar-refractivity contribution is 6.15. The number of aromatic nitrogens is 2. The van der Waals surface area contributed by atoms with Crippen LogP contribution in [0.25, 0.3) is 22.4 Å². The monoisotopic (exact) mass is 439 g/mol. The molecule has 0 aliphatic heterocycles. The Morgan fingerprint density at radius 1 is 1.09 bits per heavy atom. The minimum atomic E-state index is -3.03. The highest BCUT2D eigenvalue weighted by Gasteiger charge is 2.22. The minimum Gasteiger partial charge on any atom is -0.497 e. The number of nitrogens with zero attached hydrogens (tertiary/aromatic N) is 2. The fourth-order valence-corrected chi connectivity index (χ4v) is 3.33. The zero-order valence-electron chi connectivity index (χ0n) is 17.5. The van der Waals surface area contributed by atoms with E-state index in [9.17, 15) is 13.6 Å². The Labute approximate surface area is 182 Å². The number of rotatable bonds is 6. The van der Waals surface area contributed by atoms with E-state index < -0.39 is 12.5 Å². The SMILES string of the molecule is COc1ccc(-c2noc3nc(C)cc(C(=O)Nc4cc(C)ccc4OC(F)F)c23)cc1. The van der Waals surface area contributed by atoms with E-state index in [1.807, 2.05) is 0 Å². The highest BCUT2D eigenvalue weighted by atomic mass is 19.3. The van der Waals surface area contributed by atoms with Crippen molar-refractivity contribution in [2.75, 3.05) is 12.4 Å². The van der Waals surface area contributed by atoms with Crippen LogP contribution in [0.3, 0.4) is 0 Å². The van der Waals surface area contributed by atoms with Gasteiger partial charge in [0.05, 0.1) is 23.7 Å². The summed E-state index contributed by atoms with van der Waals surface area (Å²) in [6, 6.07) is 13.2. The van der Waals surface area contributed by atoms with Gasteiger partial charge in [-0.05, 0) is 61.9 Å². The summed E-state index contributed by atoms with van der Waals surface area (Å²) < 4.78 is 40.7. The van der Waals surface area contributed by atoms with E-state index in [1.54, 1.807) is 63.4 Å². The lowest BCUT2D eigenvalue weighted by molar-refractivity contribution is -0.0493. The van der Waals surface area contributed by atoms with E-state index in [1.165, 1.54) is 6.07 Å². The molecule has 32 heavy (non-hydrogen) atoms. The number of hydrogen-bond acceptors (Lipinski definition) is 6. The Morgan fingerprint density at radius 3 is 2.53 bits per heavy atom. The molecule has 2 aromatic carbocycles. The molecule has 9 heteroatoms. The van der Waals surface area contributed by atoms with Crippen molar-refractivity contribution in [2.45, 2.75) is 20.5 Å². The number of nitrogens with one attached hydrogen (secondary N) is 1. The van der Waals surface area contributed by atoms with Gasteiger partial charge in [-0.2, -0.15) is 8.78 Å². The van der Waals surface area contributed by atoms with Crippen molar-refractivity contribution in [1.82, 2.24) is 10.1 Å². The van der Waals surface area contributed by atoms with Gasteiger partial charge in [0.25, 0.3) is 11.6 Å². The second-order valence-electron chi connectivity index (χ2n) is 7.08. The van der Waals surface area contributed by atoms with Gasteiger partial charge in [0.15, 0.2) is 0 Å².